The van der Waals surface area contributed by atoms with Gasteiger partial charge in [-0.1, -0.05) is 38.8 Å². The first-order chi connectivity index (χ1) is 17.3. The molecule has 36 heavy (non-hydrogen) atoms. The van der Waals surface area contributed by atoms with Crippen molar-refractivity contribution in [1.29, 1.82) is 0 Å². The van der Waals surface area contributed by atoms with Crippen LogP contribution in [0.2, 0.25) is 0 Å². The minimum Gasteiger partial charge on any atom is -0.396 e. The highest BCUT2D eigenvalue weighted by molar-refractivity contribution is 8.02. The Bertz CT molecular complexity index is 1000. The zero-order valence-electron chi connectivity index (χ0n) is 22.0. The number of aliphatic hydroxyl groups excluding tert-OH is 1. The van der Waals surface area contributed by atoms with Gasteiger partial charge in [-0.05, 0) is 62.6 Å². The number of benzene rings is 1. The van der Waals surface area contributed by atoms with Gasteiger partial charge in [0.1, 0.15) is 6.04 Å². The minimum atomic E-state index is -0.610. The largest absolute Gasteiger partial charge is 0.396 e. The van der Waals surface area contributed by atoms with Crippen LogP contribution in [0.5, 0.6) is 0 Å². The number of likely N-dealkylation sites (tertiary alicyclic amines) is 1. The average Bonchev–Trinajstić information content (AvgIpc) is 3.43. The van der Waals surface area contributed by atoms with Gasteiger partial charge < -0.3 is 20.6 Å². The molecule has 3 N–H and O–H groups in total. The second kappa shape index (κ2) is 11.1. The van der Waals surface area contributed by atoms with Gasteiger partial charge >= 0.3 is 0 Å². The number of nitrogens with one attached hydrogen (secondary N) is 2. The predicted octanol–water partition coefficient (Wildman–Crippen LogP) is 3.66. The molecule has 4 rings (SSSR count). The molecule has 6 atom stereocenters. The Morgan fingerprint density at radius 2 is 1.92 bits per heavy atom. The highest BCUT2D eigenvalue weighted by Gasteiger charge is 2.75. The molecule has 0 aliphatic carbocycles. The molecule has 7 nitrogen and oxygen atoms in total. The molecule has 3 amide bonds. The van der Waals surface area contributed by atoms with Gasteiger partial charge in [0.25, 0.3) is 0 Å². The lowest BCUT2D eigenvalue weighted by molar-refractivity contribution is -0.139. The van der Waals surface area contributed by atoms with Crippen molar-refractivity contribution >= 4 is 35.2 Å². The van der Waals surface area contributed by atoms with Gasteiger partial charge in [-0.15, -0.1) is 11.8 Å². The van der Waals surface area contributed by atoms with Crippen LogP contribution < -0.4 is 10.6 Å². The maximum atomic E-state index is 14.0. The van der Waals surface area contributed by atoms with Crippen molar-refractivity contribution in [3.8, 4) is 0 Å². The number of carbonyl (C=O) groups excluding carboxylic acids is 3. The lowest BCUT2D eigenvalue weighted by Gasteiger charge is -2.38. The number of thioether (sulfide) groups is 1. The molecule has 1 aromatic carbocycles. The van der Waals surface area contributed by atoms with E-state index < -0.39 is 16.7 Å². The Labute approximate surface area is 219 Å². The van der Waals surface area contributed by atoms with E-state index in [0.717, 1.165) is 55.3 Å². The smallest absolute Gasteiger partial charge is 0.248 e. The van der Waals surface area contributed by atoms with E-state index in [1.807, 2.05) is 39.0 Å². The van der Waals surface area contributed by atoms with E-state index in [1.54, 1.807) is 16.7 Å². The first kappa shape index (κ1) is 27.0. The first-order valence-corrected chi connectivity index (χ1v) is 14.4. The van der Waals surface area contributed by atoms with Gasteiger partial charge in [-0.3, -0.25) is 14.4 Å². The number of rotatable bonds is 11. The number of amides is 3. The van der Waals surface area contributed by atoms with Crippen molar-refractivity contribution in [2.75, 3.05) is 25.0 Å². The van der Waals surface area contributed by atoms with Gasteiger partial charge in [0.05, 0.1) is 16.6 Å². The molecule has 198 valence electrons. The maximum absolute atomic E-state index is 14.0. The molecule has 3 fully saturated rings. The highest BCUT2D eigenvalue weighted by atomic mass is 32.2. The predicted molar refractivity (Wildman–Crippen MR) is 144 cm³/mol. The molecular formula is C28H41N3O4S. The molecule has 0 radical (unpaired) electrons. The van der Waals surface area contributed by atoms with E-state index in [1.165, 1.54) is 0 Å². The standard InChI is InChI=1S/C28H41N3O4S/c1-5-12-29-25(33)22-21-16-19(4)28(36-21)23(22)27(35)31(13-8-6-7-9-14-32)24(28)26(34)30-20-15-17(2)10-11-18(20)3/h10-11,15,19,21-24,32H,5-9,12-14,16H2,1-4H3,(H,29,33)(H,30,34)/t19?,21-,22+,23-,24?,28?/m0/s1. The van der Waals surface area contributed by atoms with Crippen LogP contribution in [0.15, 0.2) is 18.2 Å². The molecule has 0 saturated carbocycles. The van der Waals surface area contributed by atoms with E-state index >= 15 is 0 Å². The topological polar surface area (TPSA) is 98.7 Å². The number of carbonyl (C=O) groups is 3. The number of anilines is 1. The number of hydrogen-bond donors (Lipinski definition) is 3. The van der Waals surface area contributed by atoms with Crippen molar-refractivity contribution in [2.45, 2.75) is 82.3 Å². The summed E-state index contributed by atoms with van der Waals surface area (Å²) in [6.45, 7) is 9.40. The molecule has 3 aliphatic heterocycles. The number of fused-ring (bicyclic) bond motifs is 1. The van der Waals surface area contributed by atoms with Gasteiger partial charge in [0, 0.05) is 30.6 Å². The third-order valence-corrected chi connectivity index (χ3v) is 10.4. The number of unbranched alkanes of at least 4 members (excludes halogenated alkanes) is 3. The van der Waals surface area contributed by atoms with Crippen LogP contribution in [0.4, 0.5) is 5.69 Å². The summed E-state index contributed by atoms with van der Waals surface area (Å²) in [5.74, 6) is -0.938. The molecule has 1 spiro atoms. The summed E-state index contributed by atoms with van der Waals surface area (Å²) in [5, 5.41) is 15.4. The third-order valence-electron chi connectivity index (χ3n) is 8.30. The summed E-state index contributed by atoms with van der Waals surface area (Å²) in [7, 11) is 0. The summed E-state index contributed by atoms with van der Waals surface area (Å²) >= 11 is 1.72. The number of aryl methyl sites for hydroxylation is 2. The summed E-state index contributed by atoms with van der Waals surface area (Å²) in [4.78, 5) is 43.1. The van der Waals surface area contributed by atoms with E-state index in [0.29, 0.717) is 13.1 Å². The Morgan fingerprint density at radius 1 is 1.17 bits per heavy atom. The molecule has 3 saturated heterocycles. The van der Waals surface area contributed by atoms with Crippen molar-refractivity contribution in [2.24, 2.45) is 17.8 Å². The molecule has 1 aromatic rings. The van der Waals surface area contributed by atoms with Crippen LogP contribution in [0.25, 0.3) is 0 Å². The molecule has 8 heteroatoms. The lowest BCUT2D eigenvalue weighted by Crippen LogP contribution is -2.55. The average molecular weight is 516 g/mol. The Morgan fingerprint density at radius 3 is 2.64 bits per heavy atom. The summed E-state index contributed by atoms with van der Waals surface area (Å²) < 4.78 is -0.594. The van der Waals surface area contributed by atoms with E-state index in [9.17, 15) is 14.4 Å². The molecule has 0 aromatic heterocycles. The quantitative estimate of drug-likeness (QED) is 0.391. The van der Waals surface area contributed by atoms with Crippen molar-refractivity contribution in [1.82, 2.24) is 10.2 Å². The van der Waals surface area contributed by atoms with Crippen LogP contribution in [0.3, 0.4) is 0 Å². The van der Waals surface area contributed by atoms with E-state index in [-0.39, 0.29) is 41.4 Å². The SMILES string of the molecule is CCCNC(=O)[C@@H]1[C@@H]2CC(C)C3(S2)C(C(=O)Nc2cc(C)ccc2C)N(CCCCCCO)C(=O)[C@H]13. The fourth-order valence-electron chi connectivity index (χ4n) is 6.55. The van der Waals surface area contributed by atoms with Gasteiger partial charge in [0.15, 0.2) is 0 Å². The van der Waals surface area contributed by atoms with Gasteiger partial charge in [0.2, 0.25) is 17.7 Å². The molecule has 3 heterocycles. The summed E-state index contributed by atoms with van der Waals surface area (Å²) in [6.07, 6.45) is 4.98. The van der Waals surface area contributed by atoms with Crippen LogP contribution in [0.1, 0.15) is 63.5 Å². The molecular weight excluding hydrogens is 474 g/mol. The highest BCUT2D eigenvalue weighted by Crippen LogP contribution is 2.68. The van der Waals surface area contributed by atoms with E-state index in [2.05, 4.69) is 17.6 Å². The lowest BCUT2D eigenvalue weighted by atomic mass is 9.66. The molecule has 3 unspecified atom stereocenters. The van der Waals surface area contributed by atoms with Crippen molar-refractivity contribution < 1.29 is 19.5 Å². The van der Waals surface area contributed by atoms with Crippen LogP contribution in [-0.2, 0) is 14.4 Å². The van der Waals surface area contributed by atoms with Crippen molar-refractivity contribution in [3.05, 3.63) is 29.3 Å². The van der Waals surface area contributed by atoms with Crippen LogP contribution in [-0.4, -0.2) is 63.5 Å². The van der Waals surface area contributed by atoms with Gasteiger partial charge in [-0.25, -0.2) is 0 Å². The van der Waals surface area contributed by atoms with Crippen molar-refractivity contribution in [3.63, 3.8) is 0 Å². The fourth-order valence-corrected chi connectivity index (χ4v) is 8.97. The fraction of sp³-hybridized carbons (Fsp3) is 0.679. The zero-order valence-corrected chi connectivity index (χ0v) is 22.8. The van der Waals surface area contributed by atoms with Gasteiger partial charge in [-0.2, -0.15) is 0 Å². The number of nitrogens with zero attached hydrogens (tertiary/aromatic N) is 1. The molecule has 3 aliphatic rings. The maximum Gasteiger partial charge on any atom is 0.248 e. The van der Waals surface area contributed by atoms with Crippen LogP contribution in [0, 0.1) is 31.6 Å². The summed E-state index contributed by atoms with van der Waals surface area (Å²) in [6, 6.07) is 5.38. The first-order valence-electron chi connectivity index (χ1n) is 13.5. The zero-order chi connectivity index (χ0) is 26.0. The monoisotopic (exact) mass is 515 g/mol. The normalized spacial score (nSPS) is 30.5. The Hall–Kier alpha value is -2.06. The van der Waals surface area contributed by atoms with Crippen LogP contribution >= 0.6 is 11.8 Å². The molecule has 2 bridgehead atoms. The second-order valence-corrected chi connectivity index (χ2v) is 12.4. The minimum absolute atomic E-state index is 0.0417. The summed E-state index contributed by atoms with van der Waals surface area (Å²) in [5.41, 5.74) is 2.82. The number of hydrogen-bond acceptors (Lipinski definition) is 5. The van der Waals surface area contributed by atoms with E-state index in [4.69, 9.17) is 5.11 Å². The Balaban J connectivity index is 1.66. The Kier molecular flexibility index (Phi) is 8.35. The second-order valence-electron chi connectivity index (χ2n) is 10.8. The number of aliphatic hydroxyl groups is 1. The third kappa shape index (κ3) is 4.67.